The molecule has 42 heavy (non-hydrogen) atoms. The van der Waals surface area contributed by atoms with Crippen LogP contribution in [0.15, 0.2) is 48.7 Å². The number of halogens is 3. The maximum Gasteiger partial charge on any atom is 0.345 e. The van der Waals surface area contributed by atoms with E-state index in [1.165, 1.54) is 0 Å². The molecule has 1 saturated heterocycles. The van der Waals surface area contributed by atoms with Gasteiger partial charge < -0.3 is 25.4 Å². The summed E-state index contributed by atoms with van der Waals surface area (Å²) < 4.78 is 34.9. The summed E-state index contributed by atoms with van der Waals surface area (Å²) in [6.45, 7) is 2.09. The zero-order valence-electron chi connectivity index (χ0n) is 24.2. The normalized spacial score (nSPS) is 18.8. The van der Waals surface area contributed by atoms with Gasteiger partial charge in [0.15, 0.2) is 0 Å². The third-order valence-corrected chi connectivity index (χ3v) is 7.09. The maximum atomic E-state index is 14.0. The first-order valence-corrected chi connectivity index (χ1v) is 14.3. The van der Waals surface area contributed by atoms with E-state index in [1.807, 2.05) is 18.2 Å². The van der Waals surface area contributed by atoms with Gasteiger partial charge in [0.1, 0.15) is 11.6 Å². The van der Waals surface area contributed by atoms with Crippen molar-refractivity contribution in [2.75, 3.05) is 19.7 Å². The summed E-state index contributed by atoms with van der Waals surface area (Å²) in [6.07, 6.45) is 3.09. The lowest BCUT2D eigenvalue weighted by Crippen LogP contribution is -2.64. The van der Waals surface area contributed by atoms with Crippen LogP contribution in [0.25, 0.3) is 0 Å². The van der Waals surface area contributed by atoms with Crippen LogP contribution in [0, 0.1) is 5.92 Å². The average molecular weight is 609 g/mol. The molecule has 1 fully saturated rings. The summed E-state index contributed by atoms with van der Waals surface area (Å²) in [4.78, 5) is 45.9. The van der Waals surface area contributed by atoms with Crippen molar-refractivity contribution in [1.82, 2.24) is 15.2 Å². The van der Waals surface area contributed by atoms with E-state index in [1.54, 1.807) is 56.1 Å². The number of alkyl halides is 2. The van der Waals surface area contributed by atoms with E-state index >= 15 is 0 Å². The number of hydrogen-bond donors (Lipinski definition) is 2. The molecule has 0 bridgehead atoms. The third kappa shape index (κ3) is 10.6. The number of benzene rings is 1. The Morgan fingerprint density at radius 1 is 1.17 bits per heavy atom. The van der Waals surface area contributed by atoms with Gasteiger partial charge in [-0.05, 0) is 69.9 Å². The number of piperidine rings is 1. The number of carbonyl (C=O) groups is 3. The molecular formula is C30H39ClF2N4O5. The van der Waals surface area contributed by atoms with Crippen LogP contribution in [-0.2, 0) is 36.7 Å². The molecule has 0 spiro atoms. The summed E-state index contributed by atoms with van der Waals surface area (Å²) in [5.74, 6) is -2.19. The molecule has 2 aromatic rings. The van der Waals surface area contributed by atoms with E-state index in [-0.39, 0.29) is 25.3 Å². The predicted molar refractivity (Wildman–Crippen MR) is 154 cm³/mol. The lowest BCUT2D eigenvalue weighted by atomic mass is 9.82. The lowest BCUT2D eigenvalue weighted by molar-refractivity contribution is -0.158. The Labute approximate surface area is 250 Å². The first-order chi connectivity index (χ1) is 19.7. The monoisotopic (exact) mass is 608 g/mol. The second kappa shape index (κ2) is 14.8. The third-order valence-electron chi connectivity index (χ3n) is 6.84. The Morgan fingerprint density at radius 3 is 2.50 bits per heavy atom. The van der Waals surface area contributed by atoms with Gasteiger partial charge in [-0.3, -0.25) is 19.4 Å². The Hall–Kier alpha value is -3.15. The minimum absolute atomic E-state index is 0.121. The van der Waals surface area contributed by atoms with Gasteiger partial charge in [0, 0.05) is 36.4 Å². The van der Waals surface area contributed by atoms with Crippen molar-refractivity contribution in [3.63, 3.8) is 0 Å². The number of amides is 2. The fraction of sp³-hybridized carbons (Fsp3) is 0.533. The maximum absolute atomic E-state index is 14.0. The number of likely N-dealkylation sites (tertiary alicyclic amines) is 1. The molecule has 3 rings (SSSR count). The number of esters is 1. The predicted octanol–water partition coefficient (Wildman–Crippen LogP) is 3.91. The molecule has 2 amide bonds. The van der Waals surface area contributed by atoms with Gasteiger partial charge in [0.25, 0.3) is 0 Å². The number of rotatable bonds is 12. The van der Waals surface area contributed by atoms with Gasteiger partial charge >= 0.3 is 12.6 Å². The van der Waals surface area contributed by atoms with Crippen molar-refractivity contribution < 1.29 is 32.6 Å². The Morgan fingerprint density at radius 2 is 1.88 bits per heavy atom. The van der Waals surface area contributed by atoms with Crippen LogP contribution < -0.4 is 11.1 Å². The zero-order chi connectivity index (χ0) is 30.9. The molecule has 0 unspecified atom stereocenters. The fourth-order valence-corrected chi connectivity index (χ4v) is 5.20. The largest absolute Gasteiger partial charge is 0.460 e. The highest BCUT2D eigenvalue weighted by Gasteiger charge is 2.41. The summed E-state index contributed by atoms with van der Waals surface area (Å²) in [5, 5.41) is 3.49. The van der Waals surface area contributed by atoms with E-state index < -0.39 is 48.2 Å². The van der Waals surface area contributed by atoms with Gasteiger partial charge in [-0.2, -0.15) is 8.78 Å². The molecule has 2 heterocycles. The molecule has 3 N–H and O–H groups in total. The molecule has 1 aromatic heterocycles. The Bertz CT molecular complexity index is 1200. The van der Waals surface area contributed by atoms with Crippen LogP contribution in [0.4, 0.5) is 8.78 Å². The number of pyridine rings is 1. The van der Waals surface area contributed by atoms with Crippen molar-refractivity contribution in [3.05, 3.63) is 64.9 Å². The summed E-state index contributed by atoms with van der Waals surface area (Å²) in [6, 6.07) is 11.1. The second-order valence-corrected chi connectivity index (χ2v) is 12.1. The molecule has 3 atom stereocenters. The number of nitrogens with zero attached hydrogens (tertiary/aromatic N) is 2. The number of nitrogens with two attached hydrogens (primary N) is 1. The molecular weight excluding hydrogens is 570 g/mol. The highest BCUT2D eigenvalue weighted by Crippen LogP contribution is 2.29. The van der Waals surface area contributed by atoms with Crippen LogP contribution in [0.1, 0.15) is 51.3 Å². The van der Waals surface area contributed by atoms with E-state index in [0.29, 0.717) is 36.5 Å². The van der Waals surface area contributed by atoms with E-state index in [9.17, 15) is 23.2 Å². The molecule has 1 aliphatic rings. The van der Waals surface area contributed by atoms with Crippen LogP contribution in [0.5, 0.6) is 0 Å². The van der Waals surface area contributed by atoms with Crippen molar-refractivity contribution in [3.8, 4) is 0 Å². The topological polar surface area (TPSA) is 124 Å². The van der Waals surface area contributed by atoms with Crippen LogP contribution in [0.2, 0.25) is 5.02 Å². The molecule has 1 aromatic carbocycles. The van der Waals surface area contributed by atoms with Gasteiger partial charge in [0.2, 0.25) is 11.8 Å². The highest BCUT2D eigenvalue weighted by molar-refractivity contribution is 6.30. The zero-order valence-corrected chi connectivity index (χ0v) is 24.9. The van der Waals surface area contributed by atoms with Crippen LogP contribution >= 0.6 is 11.6 Å². The minimum Gasteiger partial charge on any atom is -0.460 e. The van der Waals surface area contributed by atoms with E-state index in [4.69, 9.17) is 22.1 Å². The van der Waals surface area contributed by atoms with Crippen LogP contribution in [-0.4, -0.2) is 71.2 Å². The van der Waals surface area contributed by atoms with Crippen molar-refractivity contribution >= 4 is 29.4 Å². The van der Waals surface area contributed by atoms with Gasteiger partial charge in [-0.25, -0.2) is 0 Å². The smallest absolute Gasteiger partial charge is 0.345 e. The summed E-state index contributed by atoms with van der Waals surface area (Å²) in [5.41, 5.74) is 5.70. The summed E-state index contributed by atoms with van der Waals surface area (Å²) >= 11 is 6.07. The Balaban J connectivity index is 1.86. The van der Waals surface area contributed by atoms with Crippen LogP contribution in [0.3, 0.4) is 0 Å². The first kappa shape index (κ1) is 33.4. The van der Waals surface area contributed by atoms with Crippen molar-refractivity contribution in [1.29, 1.82) is 0 Å². The molecule has 12 heteroatoms. The van der Waals surface area contributed by atoms with Gasteiger partial charge in [-0.1, -0.05) is 29.8 Å². The first-order valence-electron chi connectivity index (χ1n) is 13.9. The lowest BCUT2D eigenvalue weighted by Gasteiger charge is -2.45. The van der Waals surface area contributed by atoms with Gasteiger partial charge in [0.05, 0.1) is 24.5 Å². The highest BCUT2D eigenvalue weighted by atomic mass is 35.5. The molecule has 0 radical (unpaired) electrons. The van der Waals surface area contributed by atoms with Crippen molar-refractivity contribution in [2.24, 2.45) is 11.7 Å². The average Bonchev–Trinajstić information content (AvgIpc) is 2.91. The fourth-order valence-electron chi connectivity index (χ4n) is 5.07. The number of ether oxygens (including phenoxy) is 2. The number of hydrogen-bond acceptors (Lipinski definition) is 7. The molecule has 9 nitrogen and oxygen atoms in total. The summed E-state index contributed by atoms with van der Waals surface area (Å²) in [7, 11) is 0. The molecule has 1 aliphatic heterocycles. The van der Waals surface area contributed by atoms with Crippen molar-refractivity contribution in [2.45, 2.75) is 76.7 Å². The minimum atomic E-state index is -3.06. The van der Waals surface area contributed by atoms with E-state index in [2.05, 4.69) is 15.0 Å². The Kier molecular flexibility index (Phi) is 11.8. The number of carbonyl (C=O) groups excluding carboxylic acids is 3. The second-order valence-electron chi connectivity index (χ2n) is 11.6. The standard InChI is InChI=1S/C30H39ClF2N4O5/c1-29(2,3)42-25(38)16-21(15-23-7-4-5-13-35-23)27(40)37-14-6-12-30(19-37,17-20-8-10-22(31)11-9-20)36-26(39)24(34)18-41-28(32)33/h4-5,7-11,13,21,24,28H,6,12,14-19,34H2,1-3H3,(H,36,39)/t21-,24+,30-/m1/s1. The molecule has 0 aliphatic carbocycles. The number of nitrogens with one attached hydrogen (secondary N) is 1. The molecule has 230 valence electrons. The quantitative estimate of drug-likeness (QED) is 0.350. The van der Waals surface area contributed by atoms with Gasteiger partial charge in [-0.15, -0.1) is 0 Å². The number of aromatic nitrogens is 1. The van der Waals surface area contributed by atoms with E-state index in [0.717, 1.165) is 5.56 Å². The SMILES string of the molecule is CC(C)(C)OC(=O)C[C@@H](Cc1ccccn1)C(=O)N1CCC[C@](Cc2ccc(Cl)cc2)(NC(=O)[C@@H](N)COC(F)F)C1. The molecule has 0 saturated carbocycles.